The van der Waals surface area contributed by atoms with Gasteiger partial charge in [0.1, 0.15) is 0 Å². The molecular formula is C20H23N3O2. The number of hydrogen-bond donors (Lipinski definition) is 1. The molecule has 0 amide bonds. The topological polar surface area (TPSA) is 56.1 Å². The Kier molecular flexibility index (Phi) is 5.58. The number of nitrogens with one attached hydrogen (secondary N) is 1. The van der Waals surface area contributed by atoms with Crippen LogP contribution in [-0.4, -0.2) is 23.3 Å². The van der Waals surface area contributed by atoms with Crippen LogP contribution in [0.5, 0.6) is 0 Å². The Labute approximate surface area is 147 Å². The van der Waals surface area contributed by atoms with Crippen LogP contribution in [0.4, 0.5) is 0 Å². The van der Waals surface area contributed by atoms with Crippen LogP contribution in [0.3, 0.4) is 0 Å². The molecule has 1 N–H and O–H groups in total. The molecule has 0 saturated carbocycles. The third-order valence-electron chi connectivity index (χ3n) is 4.19. The predicted octanol–water partition coefficient (Wildman–Crippen LogP) is 2.64. The monoisotopic (exact) mass is 337 g/mol. The van der Waals surface area contributed by atoms with Crippen molar-refractivity contribution in [3.8, 4) is 0 Å². The lowest BCUT2D eigenvalue weighted by atomic mass is 10.1. The van der Waals surface area contributed by atoms with E-state index in [9.17, 15) is 4.79 Å². The minimum Gasteiger partial charge on any atom is -0.383 e. The van der Waals surface area contributed by atoms with Gasteiger partial charge in [-0.05, 0) is 42.6 Å². The summed E-state index contributed by atoms with van der Waals surface area (Å²) in [5.41, 5.74) is 3.86. The molecule has 2 aromatic heterocycles. The third kappa shape index (κ3) is 4.13. The van der Waals surface area contributed by atoms with Crippen LogP contribution in [-0.2, 0) is 24.4 Å². The second-order valence-corrected chi connectivity index (χ2v) is 6.11. The zero-order valence-electron chi connectivity index (χ0n) is 14.7. The lowest BCUT2D eigenvalue weighted by molar-refractivity contribution is 0.187. The van der Waals surface area contributed by atoms with E-state index in [1.807, 2.05) is 36.4 Å². The maximum absolute atomic E-state index is 12.9. The van der Waals surface area contributed by atoms with Gasteiger partial charge in [0.05, 0.1) is 17.8 Å². The fourth-order valence-electron chi connectivity index (χ4n) is 2.93. The lowest BCUT2D eigenvalue weighted by Crippen LogP contribution is -2.28. The van der Waals surface area contributed by atoms with Crippen molar-refractivity contribution in [2.75, 3.05) is 13.7 Å². The van der Waals surface area contributed by atoms with Crippen LogP contribution in [0.1, 0.15) is 16.8 Å². The molecule has 5 heteroatoms. The Hall–Kier alpha value is -2.50. The predicted molar refractivity (Wildman–Crippen MR) is 99.6 cm³/mol. The van der Waals surface area contributed by atoms with Crippen molar-refractivity contribution >= 4 is 10.9 Å². The number of rotatable bonds is 7. The Morgan fingerprint density at radius 3 is 2.80 bits per heavy atom. The molecule has 0 bridgehead atoms. The summed E-state index contributed by atoms with van der Waals surface area (Å²) in [6.45, 7) is 4.25. The number of methoxy groups -OCH3 is 1. The van der Waals surface area contributed by atoms with E-state index >= 15 is 0 Å². The van der Waals surface area contributed by atoms with Crippen LogP contribution >= 0.6 is 0 Å². The van der Waals surface area contributed by atoms with Gasteiger partial charge in [0, 0.05) is 38.5 Å². The Bertz CT molecular complexity index is 904. The van der Waals surface area contributed by atoms with Crippen molar-refractivity contribution in [1.29, 1.82) is 0 Å². The van der Waals surface area contributed by atoms with E-state index in [4.69, 9.17) is 4.74 Å². The summed E-state index contributed by atoms with van der Waals surface area (Å²) in [5, 5.41) is 4.39. The van der Waals surface area contributed by atoms with E-state index in [0.717, 1.165) is 22.2 Å². The van der Waals surface area contributed by atoms with Gasteiger partial charge >= 0.3 is 0 Å². The van der Waals surface area contributed by atoms with Crippen molar-refractivity contribution in [2.24, 2.45) is 0 Å². The van der Waals surface area contributed by atoms with Crippen molar-refractivity contribution in [3.05, 3.63) is 75.8 Å². The standard InChI is InChI=1S/C20H23N3O2/c1-15-6-7-19-16(11-15)12-17(20(24)23(19)9-10-25-2)13-21-14-18-5-3-4-8-22-18/h3-8,11-12,21H,9-10,13-14H2,1-2H3. The molecular weight excluding hydrogens is 314 g/mol. The first-order valence-corrected chi connectivity index (χ1v) is 8.41. The molecule has 5 nitrogen and oxygen atoms in total. The molecule has 0 saturated heterocycles. The van der Waals surface area contributed by atoms with E-state index in [1.54, 1.807) is 17.9 Å². The van der Waals surface area contributed by atoms with Gasteiger partial charge in [-0.15, -0.1) is 0 Å². The average molecular weight is 337 g/mol. The fraction of sp³-hybridized carbons (Fsp3) is 0.300. The minimum atomic E-state index is 0.0296. The number of nitrogens with zero attached hydrogens (tertiary/aromatic N) is 2. The number of fused-ring (bicyclic) bond motifs is 1. The number of hydrogen-bond acceptors (Lipinski definition) is 4. The summed E-state index contributed by atoms with van der Waals surface area (Å²) in [6, 6.07) is 14.0. The van der Waals surface area contributed by atoms with Gasteiger partial charge in [-0.25, -0.2) is 0 Å². The molecule has 0 radical (unpaired) electrons. The van der Waals surface area contributed by atoms with Crippen LogP contribution in [0, 0.1) is 6.92 Å². The first-order chi connectivity index (χ1) is 12.2. The number of aromatic nitrogens is 2. The van der Waals surface area contributed by atoms with Crippen molar-refractivity contribution in [1.82, 2.24) is 14.9 Å². The normalized spacial score (nSPS) is 11.1. The fourth-order valence-corrected chi connectivity index (χ4v) is 2.93. The zero-order chi connectivity index (χ0) is 17.6. The molecule has 0 aliphatic heterocycles. The molecule has 0 aliphatic rings. The number of pyridine rings is 2. The van der Waals surface area contributed by atoms with Crippen molar-refractivity contribution in [2.45, 2.75) is 26.6 Å². The molecule has 25 heavy (non-hydrogen) atoms. The molecule has 1 aromatic carbocycles. The maximum Gasteiger partial charge on any atom is 0.255 e. The molecule has 0 aliphatic carbocycles. The molecule has 2 heterocycles. The molecule has 130 valence electrons. The summed E-state index contributed by atoms with van der Waals surface area (Å²) in [6.07, 6.45) is 1.77. The van der Waals surface area contributed by atoms with Gasteiger partial charge in [-0.1, -0.05) is 17.7 Å². The Balaban J connectivity index is 1.88. The second-order valence-electron chi connectivity index (χ2n) is 6.11. The average Bonchev–Trinajstić information content (AvgIpc) is 2.62. The summed E-state index contributed by atoms with van der Waals surface area (Å²) < 4.78 is 6.97. The smallest absolute Gasteiger partial charge is 0.255 e. The number of aryl methyl sites for hydroxylation is 1. The van der Waals surface area contributed by atoms with Crippen molar-refractivity contribution in [3.63, 3.8) is 0 Å². The van der Waals surface area contributed by atoms with Gasteiger partial charge in [-0.2, -0.15) is 0 Å². The quantitative estimate of drug-likeness (QED) is 0.720. The van der Waals surface area contributed by atoms with E-state index in [-0.39, 0.29) is 5.56 Å². The highest BCUT2D eigenvalue weighted by molar-refractivity contribution is 5.80. The van der Waals surface area contributed by atoms with Gasteiger partial charge in [0.2, 0.25) is 0 Å². The first kappa shape index (κ1) is 17.3. The molecule has 3 aromatic rings. The largest absolute Gasteiger partial charge is 0.383 e. The maximum atomic E-state index is 12.9. The van der Waals surface area contributed by atoms with E-state index in [0.29, 0.717) is 26.2 Å². The third-order valence-corrected chi connectivity index (χ3v) is 4.19. The van der Waals surface area contributed by atoms with Crippen LogP contribution in [0.25, 0.3) is 10.9 Å². The minimum absolute atomic E-state index is 0.0296. The summed E-state index contributed by atoms with van der Waals surface area (Å²) in [5.74, 6) is 0. The highest BCUT2D eigenvalue weighted by Gasteiger charge is 2.09. The summed E-state index contributed by atoms with van der Waals surface area (Å²) in [7, 11) is 1.65. The molecule has 0 unspecified atom stereocenters. The number of benzene rings is 1. The van der Waals surface area contributed by atoms with Gasteiger partial charge < -0.3 is 14.6 Å². The Morgan fingerprint density at radius 2 is 2.04 bits per heavy atom. The van der Waals surface area contributed by atoms with Crippen LogP contribution < -0.4 is 10.9 Å². The Morgan fingerprint density at radius 1 is 1.16 bits per heavy atom. The van der Waals surface area contributed by atoms with E-state index in [1.165, 1.54) is 5.56 Å². The van der Waals surface area contributed by atoms with Crippen molar-refractivity contribution < 1.29 is 4.74 Å². The van der Waals surface area contributed by atoms with E-state index < -0.39 is 0 Å². The highest BCUT2D eigenvalue weighted by Crippen LogP contribution is 2.16. The summed E-state index contributed by atoms with van der Waals surface area (Å²) >= 11 is 0. The highest BCUT2D eigenvalue weighted by atomic mass is 16.5. The first-order valence-electron chi connectivity index (χ1n) is 8.41. The second kappa shape index (κ2) is 8.05. The van der Waals surface area contributed by atoms with Crippen LogP contribution in [0.2, 0.25) is 0 Å². The molecule has 0 spiro atoms. The molecule has 3 rings (SSSR count). The van der Waals surface area contributed by atoms with E-state index in [2.05, 4.69) is 23.3 Å². The van der Waals surface area contributed by atoms with Gasteiger partial charge in [0.25, 0.3) is 5.56 Å². The van der Waals surface area contributed by atoms with Crippen LogP contribution in [0.15, 0.2) is 53.5 Å². The molecule has 0 atom stereocenters. The zero-order valence-corrected chi connectivity index (χ0v) is 14.7. The SMILES string of the molecule is COCCn1c(=O)c(CNCc2ccccn2)cc2cc(C)ccc21. The lowest BCUT2D eigenvalue weighted by Gasteiger charge is -2.13. The number of ether oxygens (including phenoxy) is 1. The molecule has 0 fully saturated rings. The van der Waals surface area contributed by atoms with Gasteiger partial charge in [-0.3, -0.25) is 9.78 Å². The van der Waals surface area contributed by atoms with Gasteiger partial charge in [0.15, 0.2) is 0 Å². The summed E-state index contributed by atoms with van der Waals surface area (Å²) in [4.78, 5) is 17.2.